The second kappa shape index (κ2) is 14.6. The van der Waals surface area contributed by atoms with Gasteiger partial charge in [-0.2, -0.15) is 0 Å². The highest BCUT2D eigenvalue weighted by atomic mass is 127. The topological polar surface area (TPSA) is 84.0 Å². The molecular weight excluding hydrogens is 471 g/mol. The molecule has 2 rings (SSSR count). The lowest BCUT2D eigenvalue weighted by molar-refractivity contribution is -0.114. The van der Waals surface area contributed by atoms with Crippen LogP contribution in [0.5, 0.6) is 0 Å². The van der Waals surface area contributed by atoms with Gasteiger partial charge in [-0.15, -0.1) is 24.0 Å². The van der Waals surface area contributed by atoms with Crippen LogP contribution in [0.15, 0.2) is 29.3 Å². The number of hydrogen-bond donors (Lipinski definition) is 3. The number of amides is 1. The van der Waals surface area contributed by atoms with Gasteiger partial charge in [-0.25, -0.2) is 0 Å². The summed E-state index contributed by atoms with van der Waals surface area (Å²) in [6.45, 7) is 6.26. The molecule has 8 heteroatoms. The minimum absolute atomic E-state index is 0. The molecule has 0 radical (unpaired) electrons. The molecule has 7 nitrogen and oxygen atoms in total. The van der Waals surface area contributed by atoms with Gasteiger partial charge in [-0.3, -0.25) is 9.79 Å². The lowest BCUT2D eigenvalue weighted by Gasteiger charge is -2.21. The summed E-state index contributed by atoms with van der Waals surface area (Å²) in [4.78, 5) is 15.4. The largest absolute Gasteiger partial charge is 0.381 e. The maximum absolute atomic E-state index is 11.1. The highest BCUT2D eigenvalue weighted by Crippen LogP contribution is 2.14. The molecule has 0 aliphatic carbocycles. The highest BCUT2D eigenvalue weighted by molar-refractivity contribution is 14.0. The van der Waals surface area contributed by atoms with Gasteiger partial charge in [0, 0.05) is 59.2 Å². The number of anilines is 1. The molecule has 1 aliphatic rings. The molecule has 1 heterocycles. The molecule has 0 bridgehead atoms. The van der Waals surface area contributed by atoms with E-state index in [2.05, 4.69) is 20.9 Å². The highest BCUT2D eigenvalue weighted by Gasteiger charge is 2.13. The van der Waals surface area contributed by atoms with Crippen molar-refractivity contribution in [3.05, 3.63) is 29.8 Å². The van der Waals surface area contributed by atoms with Crippen molar-refractivity contribution in [3.63, 3.8) is 0 Å². The molecule has 0 aromatic heterocycles. The molecule has 3 N–H and O–H groups in total. The summed E-state index contributed by atoms with van der Waals surface area (Å²) in [7, 11) is 1.75. The Morgan fingerprint density at radius 1 is 1.29 bits per heavy atom. The number of hydrogen-bond acceptors (Lipinski definition) is 4. The van der Waals surface area contributed by atoms with Crippen LogP contribution < -0.4 is 16.0 Å². The predicted molar refractivity (Wildman–Crippen MR) is 123 cm³/mol. The molecule has 0 saturated carbocycles. The van der Waals surface area contributed by atoms with Crippen molar-refractivity contribution in [2.45, 2.75) is 32.7 Å². The Balaban J connectivity index is 0.00000392. The van der Waals surface area contributed by atoms with E-state index < -0.39 is 0 Å². The number of halogens is 1. The number of benzene rings is 1. The van der Waals surface area contributed by atoms with E-state index in [1.807, 2.05) is 24.3 Å². The molecule has 0 atom stereocenters. The fourth-order valence-corrected chi connectivity index (χ4v) is 2.91. The third-order valence-electron chi connectivity index (χ3n) is 4.38. The SMILES string of the molecule is CN=C(NCCCOCC1CCOCC1)NCc1cccc(NC(C)=O)c1.I. The number of nitrogens with zero attached hydrogens (tertiary/aromatic N) is 1. The average Bonchev–Trinajstić information content (AvgIpc) is 2.67. The molecule has 1 aliphatic heterocycles. The molecule has 28 heavy (non-hydrogen) atoms. The number of ether oxygens (including phenoxy) is 2. The van der Waals surface area contributed by atoms with E-state index >= 15 is 0 Å². The van der Waals surface area contributed by atoms with E-state index in [1.165, 1.54) is 6.92 Å². The first-order chi connectivity index (χ1) is 13.2. The van der Waals surface area contributed by atoms with Crippen LogP contribution in [0.3, 0.4) is 0 Å². The van der Waals surface area contributed by atoms with Gasteiger partial charge in [0.25, 0.3) is 0 Å². The van der Waals surface area contributed by atoms with Gasteiger partial charge in [-0.1, -0.05) is 12.1 Å². The van der Waals surface area contributed by atoms with Gasteiger partial charge in [0.2, 0.25) is 5.91 Å². The standard InChI is InChI=1S/C20H32N4O3.HI/c1-16(25)24-19-6-3-5-18(13-19)14-23-20(21-2)22-9-4-10-27-15-17-7-11-26-12-8-17;/h3,5-6,13,17H,4,7-12,14-15H2,1-2H3,(H,24,25)(H2,21,22,23);1H. The zero-order chi connectivity index (χ0) is 19.3. The first-order valence-corrected chi connectivity index (χ1v) is 9.64. The number of carbonyl (C=O) groups excluding carboxylic acids is 1. The minimum Gasteiger partial charge on any atom is -0.381 e. The Morgan fingerprint density at radius 3 is 2.79 bits per heavy atom. The fraction of sp³-hybridized carbons (Fsp3) is 0.600. The van der Waals surface area contributed by atoms with Gasteiger partial charge in [0.15, 0.2) is 5.96 Å². The van der Waals surface area contributed by atoms with Crippen LogP contribution in [0.2, 0.25) is 0 Å². The van der Waals surface area contributed by atoms with Crippen molar-refractivity contribution < 1.29 is 14.3 Å². The van der Waals surface area contributed by atoms with Gasteiger partial charge in [0.05, 0.1) is 0 Å². The molecule has 1 saturated heterocycles. The van der Waals surface area contributed by atoms with Gasteiger partial charge >= 0.3 is 0 Å². The molecule has 158 valence electrons. The van der Waals surface area contributed by atoms with Gasteiger partial charge in [0.1, 0.15) is 0 Å². The minimum atomic E-state index is -0.0726. The van der Waals surface area contributed by atoms with Gasteiger partial charge in [-0.05, 0) is 42.9 Å². The van der Waals surface area contributed by atoms with Crippen molar-refractivity contribution in [2.24, 2.45) is 10.9 Å². The van der Waals surface area contributed by atoms with E-state index in [4.69, 9.17) is 9.47 Å². The zero-order valence-electron chi connectivity index (χ0n) is 16.8. The van der Waals surface area contributed by atoms with E-state index in [1.54, 1.807) is 7.05 Å². The fourth-order valence-electron chi connectivity index (χ4n) is 2.91. The summed E-state index contributed by atoms with van der Waals surface area (Å²) in [6, 6.07) is 7.76. The first-order valence-electron chi connectivity index (χ1n) is 9.64. The van der Waals surface area contributed by atoms with E-state index in [0.717, 1.165) is 69.4 Å². The van der Waals surface area contributed by atoms with E-state index in [9.17, 15) is 4.79 Å². The lowest BCUT2D eigenvalue weighted by Crippen LogP contribution is -2.37. The Bertz CT molecular complexity index is 607. The van der Waals surface area contributed by atoms with Crippen LogP contribution >= 0.6 is 24.0 Å². The summed E-state index contributed by atoms with van der Waals surface area (Å²) >= 11 is 0. The smallest absolute Gasteiger partial charge is 0.221 e. The summed E-state index contributed by atoms with van der Waals surface area (Å²) in [6.07, 6.45) is 3.15. The van der Waals surface area contributed by atoms with Crippen LogP contribution in [0.4, 0.5) is 5.69 Å². The van der Waals surface area contributed by atoms with Crippen LogP contribution in [0.25, 0.3) is 0 Å². The number of nitrogens with one attached hydrogen (secondary N) is 3. The third-order valence-corrected chi connectivity index (χ3v) is 4.38. The van der Waals surface area contributed by atoms with Crippen molar-refractivity contribution in [1.29, 1.82) is 0 Å². The molecule has 1 fully saturated rings. The van der Waals surface area contributed by atoms with Crippen molar-refractivity contribution >= 4 is 41.5 Å². The molecule has 0 unspecified atom stereocenters. The predicted octanol–water partition coefficient (Wildman–Crippen LogP) is 2.76. The van der Waals surface area contributed by atoms with Crippen molar-refractivity contribution in [3.8, 4) is 0 Å². The summed E-state index contributed by atoms with van der Waals surface area (Å²) < 4.78 is 11.1. The lowest BCUT2D eigenvalue weighted by atomic mass is 10.0. The maximum Gasteiger partial charge on any atom is 0.221 e. The normalized spacial score (nSPS) is 14.9. The van der Waals surface area contributed by atoms with Gasteiger partial charge < -0.3 is 25.4 Å². The Kier molecular flexibility index (Phi) is 12.8. The van der Waals surface area contributed by atoms with Crippen molar-refractivity contribution in [1.82, 2.24) is 10.6 Å². The summed E-state index contributed by atoms with van der Waals surface area (Å²) in [5.74, 6) is 1.33. The average molecular weight is 504 g/mol. The molecular formula is C20H33IN4O3. The van der Waals surface area contributed by atoms with Crippen molar-refractivity contribution in [2.75, 3.05) is 45.3 Å². The second-order valence-corrected chi connectivity index (χ2v) is 6.72. The number of aliphatic imine (C=N–C) groups is 1. The zero-order valence-corrected chi connectivity index (χ0v) is 19.2. The van der Waals surface area contributed by atoms with Crippen LogP contribution in [0, 0.1) is 5.92 Å². The summed E-state index contributed by atoms with van der Waals surface area (Å²) in [5.41, 5.74) is 1.87. The third kappa shape index (κ3) is 10.2. The van der Waals surface area contributed by atoms with E-state index in [0.29, 0.717) is 12.5 Å². The molecule has 1 amide bonds. The molecule has 1 aromatic carbocycles. The number of carbonyl (C=O) groups is 1. The maximum atomic E-state index is 11.1. The Hall–Kier alpha value is -1.39. The van der Waals surface area contributed by atoms with Crippen LogP contribution in [-0.2, 0) is 20.8 Å². The number of guanidine groups is 1. The Morgan fingerprint density at radius 2 is 2.07 bits per heavy atom. The van der Waals surface area contributed by atoms with E-state index in [-0.39, 0.29) is 29.9 Å². The monoisotopic (exact) mass is 504 g/mol. The van der Waals surface area contributed by atoms with Crippen LogP contribution in [0.1, 0.15) is 31.7 Å². The summed E-state index contributed by atoms with van der Waals surface area (Å²) in [5, 5.41) is 9.37. The quantitative estimate of drug-likeness (QED) is 0.209. The molecule has 0 spiro atoms. The molecule has 1 aromatic rings. The first kappa shape index (κ1) is 24.6. The second-order valence-electron chi connectivity index (χ2n) is 6.72. The van der Waals surface area contributed by atoms with Crippen LogP contribution in [-0.4, -0.2) is 51.9 Å². The Labute approximate surface area is 185 Å². The number of rotatable bonds is 9.